The largest absolute Gasteiger partial charge is 0.508 e. The van der Waals surface area contributed by atoms with E-state index in [0.29, 0.717) is 0 Å². The molecule has 0 bridgehead atoms. The zero-order chi connectivity index (χ0) is 14.8. The van der Waals surface area contributed by atoms with Gasteiger partial charge >= 0.3 is 0 Å². The van der Waals surface area contributed by atoms with Crippen molar-refractivity contribution in [1.29, 1.82) is 0 Å². The van der Waals surface area contributed by atoms with Crippen molar-refractivity contribution in [3.63, 3.8) is 0 Å². The molecule has 1 aromatic carbocycles. The SMILES string of the molecule is CCN(CC)CC1(NC(=O)c2cc(O)ccc2F)CC1. The van der Waals surface area contributed by atoms with Gasteiger partial charge in [0.05, 0.1) is 11.1 Å². The van der Waals surface area contributed by atoms with Gasteiger partial charge in [-0.3, -0.25) is 4.79 Å². The average molecular weight is 280 g/mol. The number of nitrogens with one attached hydrogen (secondary N) is 1. The van der Waals surface area contributed by atoms with Crippen LogP contribution >= 0.6 is 0 Å². The van der Waals surface area contributed by atoms with Gasteiger partial charge < -0.3 is 15.3 Å². The molecule has 110 valence electrons. The van der Waals surface area contributed by atoms with Gasteiger partial charge in [0, 0.05) is 6.54 Å². The van der Waals surface area contributed by atoms with Gasteiger partial charge in [0.1, 0.15) is 11.6 Å². The summed E-state index contributed by atoms with van der Waals surface area (Å²) in [5, 5.41) is 12.3. The van der Waals surface area contributed by atoms with Gasteiger partial charge in [-0.25, -0.2) is 4.39 Å². The fraction of sp³-hybridized carbons (Fsp3) is 0.533. The van der Waals surface area contributed by atoms with E-state index in [1.165, 1.54) is 6.07 Å². The number of hydrogen-bond donors (Lipinski definition) is 2. The molecule has 0 radical (unpaired) electrons. The summed E-state index contributed by atoms with van der Waals surface area (Å²) in [7, 11) is 0. The average Bonchev–Trinajstić information content (AvgIpc) is 3.18. The van der Waals surface area contributed by atoms with Gasteiger partial charge in [-0.2, -0.15) is 0 Å². The predicted molar refractivity (Wildman–Crippen MR) is 75.3 cm³/mol. The number of aromatic hydroxyl groups is 1. The number of halogens is 1. The Kier molecular flexibility index (Phi) is 4.28. The number of amides is 1. The molecule has 2 rings (SSSR count). The van der Waals surface area contributed by atoms with Crippen molar-refractivity contribution in [2.75, 3.05) is 19.6 Å². The Hall–Kier alpha value is -1.62. The summed E-state index contributed by atoms with van der Waals surface area (Å²) in [5.74, 6) is -1.17. The van der Waals surface area contributed by atoms with Crippen LogP contribution in [0.15, 0.2) is 18.2 Å². The molecule has 0 spiro atoms. The van der Waals surface area contributed by atoms with Crippen LogP contribution < -0.4 is 5.32 Å². The van der Waals surface area contributed by atoms with E-state index >= 15 is 0 Å². The fourth-order valence-corrected chi connectivity index (χ4v) is 2.34. The lowest BCUT2D eigenvalue weighted by Gasteiger charge is -2.26. The van der Waals surface area contributed by atoms with E-state index in [4.69, 9.17) is 0 Å². The maximum Gasteiger partial charge on any atom is 0.254 e. The standard InChI is InChI=1S/C15H21FN2O2/c1-3-18(4-2)10-15(7-8-15)17-14(20)12-9-11(19)5-6-13(12)16/h5-6,9,19H,3-4,7-8,10H2,1-2H3,(H,17,20). The maximum absolute atomic E-state index is 13.6. The third-order valence-electron chi connectivity index (χ3n) is 3.85. The fourth-order valence-electron chi connectivity index (χ4n) is 2.34. The van der Waals surface area contributed by atoms with Crippen LogP contribution in [0.4, 0.5) is 4.39 Å². The monoisotopic (exact) mass is 280 g/mol. The van der Waals surface area contributed by atoms with E-state index in [-0.39, 0.29) is 16.9 Å². The van der Waals surface area contributed by atoms with Crippen molar-refractivity contribution in [2.45, 2.75) is 32.2 Å². The Bertz CT molecular complexity index is 497. The number of benzene rings is 1. The number of carbonyl (C=O) groups is 1. The lowest BCUT2D eigenvalue weighted by molar-refractivity contribution is 0.0913. The number of hydrogen-bond acceptors (Lipinski definition) is 3. The molecule has 1 fully saturated rings. The topological polar surface area (TPSA) is 52.6 Å². The lowest BCUT2D eigenvalue weighted by Crippen LogP contribution is -2.46. The molecule has 0 aliphatic heterocycles. The van der Waals surface area contributed by atoms with E-state index in [0.717, 1.165) is 44.6 Å². The van der Waals surface area contributed by atoms with Crippen molar-refractivity contribution < 1.29 is 14.3 Å². The van der Waals surface area contributed by atoms with Crippen molar-refractivity contribution in [3.05, 3.63) is 29.6 Å². The maximum atomic E-state index is 13.6. The molecular formula is C15H21FN2O2. The minimum atomic E-state index is -0.612. The summed E-state index contributed by atoms with van der Waals surface area (Å²) in [4.78, 5) is 14.4. The number of carbonyl (C=O) groups excluding carboxylic acids is 1. The molecule has 1 saturated carbocycles. The van der Waals surface area contributed by atoms with Crippen molar-refractivity contribution >= 4 is 5.91 Å². The van der Waals surface area contributed by atoms with Gasteiger partial charge in [-0.15, -0.1) is 0 Å². The first-order chi connectivity index (χ1) is 9.49. The molecule has 20 heavy (non-hydrogen) atoms. The highest BCUT2D eigenvalue weighted by Crippen LogP contribution is 2.36. The summed E-state index contributed by atoms with van der Waals surface area (Å²) in [6.45, 7) is 6.79. The number of phenolic OH excluding ortho intramolecular Hbond substituents is 1. The zero-order valence-corrected chi connectivity index (χ0v) is 11.9. The molecule has 1 amide bonds. The van der Waals surface area contributed by atoms with E-state index in [1.807, 2.05) is 0 Å². The zero-order valence-electron chi connectivity index (χ0n) is 11.9. The number of nitrogens with zero attached hydrogens (tertiary/aromatic N) is 1. The van der Waals surface area contributed by atoms with E-state index in [1.54, 1.807) is 0 Å². The van der Waals surface area contributed by atoms with E-state index in [2.05, 4.69) is 24.1 Å². The van der Waals surface area contributed by atoms with Crippen LogP contribution in [0, 0.1) is 5.82 Å². The van der Waals surface area contributed by atoms with Crippen LogP contribution in [0.3, 0.4) is 0 Å². The molecule has 1 aromatic rings. The smallest absolute Gasteiger partial charge is 0.254 e. The molecule has 1 aliphatic carbocycles. The summed E-state index contributed by atoms with van der Waals surface area (Å²) in [6.07, 6.45) is 1.82. The highest BCUT2D eigenvalue weighted by atomic mass is 19.1. The van der Waals surface area contributed by atoms with E-state index in [9.17, 15) is 14.3 Å². The van der Waals surface area contributed by atoms with Crippen molar-refractivity contribution in [3.8, 4) is 5.75 Å². The number of likely N-dealkylation sites (N-methyl/N-ethyl adjacent to an activating group) is 1. The van der Waals surface area contributed by atoms with Gasteiger partial charge in [0.2, 0.25) is 0 Å². The minimum absolute atomic E-state index is 0.101. The highest BCUT2D eigenvalue weighted by molar-refractivity contribution is 5.95. The third-order valence-corrected chi connectivity index (χ3v) is 3.85. The second kappa shape index (κ2) is 5.79. The van der Waals surface area contributed by atoms with Crippen LogP contribution in [0.2, 0.25) is 0 Å². The molecule has 0 heterocycles. The molecular weight excluding hydrogens is 259 g/mol. The van der Waals surface area contributed by atoms with Gasteiger partial charge in [0.25, 0.3) is 5.91 Å². The number of phenols is 1. The van der Waals surface area contributed by atoms with Crippen LogP contribution in [-0.4, -0.2) is 41.1 Å². The van der Waals surface area contributed by atoms with Crippen molar-refractivity contribution in [1.82, 2.24) is 10.2 Å². The second-order valence-corrected chi connectivity index (χ2v) is 5.36. The molecule has 0 unspecified atom stereocenters. The Morgan fingerprint density at radius 2 is 2.05 bits per heavy atom. The van der Waals surface area contributed by atoms with Gasteiger partial charge in [0.15, 0.2) is 0 Å². The van der Waals surface area contributed by atoms with Crippen LogP contribution in [0.5, 0.6) is 5.75 Å². The molecule has 5 heteroatoms. The summed E-state index contributed by atoms with van der Waals surface area (Å²) < 4.78 is 13.6. The normalized spacial score (nSPS) is 16.2. The molecule has 2 N–H and O–H groups in total. The Labute approximate surface area is 118 Å². The number of rotatable bonds is 6. The predicted octanol–water partition coefficient (Wildman–Crippen LogP) is 2.14. The molecule has 0 aromatic heterocycles. The summed E-state index contributed by atoms with van der Waals surface area (Å²) in [5.41, 5.74) is -0.336. The highest BCUT2D eigenvalue weighted by Gasteiger charge is 2.45. The first-order valence-corrected chi connectivity index (χ1v) is 7.03. The van der Waals surface area contributed by atoms with E-state index < -0.39 is 11.7 Å². The van der Waals surface area contributed by atoms with Crippen molar-refractivity contribution in [2.24, 2.45) is 0 Å². The molecule has 0 atom stereocenters. The van der Waals surface area contributed by atoms with Gasteiger partial charge in [-0.1, -0.05) is 13.8 Å². The Balaban J connectivity index is 2.06. The third kappa shape index (κ3) is 3.28. The van der Waals surface area contributed by atoms with Crippen LogP contribution in [0.1, 0.15) is 37.0 Å². The minimum Gasteiger partial charge on any atom is -0.508 e. The Morgan fingerprint density at radius 3 is 2.60 bits per heavy atom. The van der Waals surface area contributed by atoms with Gasteiger partial charge in [-0.05, 0) is 44.1 Å². The second-order valence-electron chi connectivity index (χ2n) is 5.36. The molecule has 0 saturated heterocycles. The molecule has 1 aliphatic rings. The first kappa shape index (κ1) is 14.8. The summed E-state index contributed by atoms with van der Waals surface area (Å²) >= 11 is 0. The Morgan fingerprint density at radius 1 is 1.40 bits per heavy atom. The summed E-state index contributed by atoms with van der Waals surface area (Å²) in [6, 6.07) is 3.50. The lowest BCUT2D eigenvalue weighted by atomic mass is 10.1. The molecule has 4 nitrogen and oxygen atoms in total. The van der Waals surface area contributed by atoms with Crippen LogP contribution in [0.25, 0.3) is 0 Å². The first-order valence-electron chi connectivity index (χ1n) is 7.03. The quantitative estimate of drug-likeness (QED) is 0.839. The van der Waals surface area contributed by atoms with Crippen LogP contribution in [-0.2, 0) is 0 Å².